The van der Waals surface area contributed by atoms with E-state index < -0.39 is 18.5 Å². The van der Waals surface area contributed by atoms with Crippen LogP contribution < -0.4 is 10.6 Å². The highest BCUT2D eigenvalue weighted by Crippen LogP contribution is 2.26. The highest BCUT2D eigenvalue weighted by atomic mass is 19.1. The van der Waals surface area contributed by atoms with Crippen LogP contribution >= 0.6 is 0 Å². The molecule has 0 aliphatic rings. The molecule has 198 valence electrons. The summed E-state index contributed by atoms with van der Waals surface area (Å²) in [6, 6.07) is 29.3. The van der Waals surface area contributed by atoms with Gasteiger partial charge in [-0.25, -0.2) is 9.18 Å². The van der Waals surface area contributed by atoms with Crippen LogP contribution in [0.2, 0.25) is 0 Å². The lowest BCUT2D eigenvalue weighted by Crippen LogP contribution is -2.33. The van der Waals surface area contributed by atoms with Gasteiger partial charge in [0.05, 0.1) is 24.4 Å². The number of carbonyl (C=O) groups is 3. The van der Waals surface area contributed by atoms with Crippen LogP contribution in [0.1, 0.15) is 27.5 Å². The molecule has 4 aromatic carbocycles. The van der Waals surface area contributed by atoms with Gasteiger partial charge < -0.3 is 20.1 Å². The molecule has 2 N–H and O–H groups in total. The van der Waals surface area contributed by atoms with E-state index in [2.05, 4.69) is 10.6 Å². The molecular weight excluding hydrogens is 499 g/mol. The lowest BCUT2D eigenvalue weighted by Gasteiger charge is -2.20. The molecule has 0 saturated carbocycles. The number of anilines is 1. The van der Waals surface area contributed by atoms with Gasteiger partial charge in [0, 0.05) is 0 Å². The number of nitrogens with one attached hydrogen (secondary N) is 2. The van der Waals surface area contributed by atoms with Crippen molar-refractivity contribution >= 4 is 23.5 Å². The number of halogens is 1. The van der Waals surface area contributed by atoms with E-state index in [4.69, 9.17) is 9.47 Å². The fraction of sp³-hybridized carbons (Fsp3) is 0.129. The van der Waals surface area contributed by atoms with Gasteiger partial charge in [0.1, 0.15) is 19.0 Å². The summed E-state index contributed by atoms with van der Waals surface area (Å²) in [5.74, 6) is -1.97. The van der Waals surface area contributed by atoms with Crippen molar-refractivity contribution in [3.63, 3.8) is 0 Å². The third-order valence-electron chi connectivity index (χ3n) is 5.91. The number of ether oxygens (including phenoxy) is 2. The second kappa shape index (κ2) is 13.1. The van der Waals surface area contributed by atoms with E-state index in [-0.39, 0.29) is 35.6 Å². The van der Waals surface area contributed by atoms with Gasteiger partial charge in [-0.15, -0.1) is 0 Å². The molecule has 39 heavy (non-hydrogen) atoms. The number of benzene rings is 4. The molecule has 0 aliphatic carbocycles. The third-order valence-corrected chi connectivity index (χ3v) is 5.91. The molecule has 4 rings (SSSR count). The molecule has 0 saturated heterocycles. The van der Waals surface area contributed by atoms with Gasteiger partial charge in [-0.2, -0.15) is 0 Å². The first-order chi connectivity index (χ1) is 18.9. The molecule has 0 atom stereocenters. The summed E-state index contributed by atoms with van der Waals surface area (Å²) >= 11 is 0. The molecule has 0 fully saturated rings. The largest absolute Gasteiger partial charge is 0.465 e. The first-order valence-corrected chi connectivity index (χ1v) is 12.2. The molecule has 0 bridgehead atoms. The lowest BCUT2D eigenvalue weighted by atomic mass is 9.99. The molecule has 4 aromatic rings. The Bertz CT molecular complexity index is 1390. The van der Waals surface area contributed by atoms with Gasteiger partial charge >= 0.3 is 5.97 Å². The zero-order valence-electron chi connectivity index (χ0n) is 21.2. The second-order valence-corrected chi connectivity index (χ2v) is 8.62. The lowest BCUT2D eigenvalue weighted by molar-refractivity contribution is -0.129. The van der Waals surface area contributed by atoms with Crippen molar-refractivity contribution in [2.75, 3.05) is 25.6 Å². The summed E-state index contributed by atoms with van der Waals surface area (Å²) in [5.41, 5.74) is 3.51. The Morgan fingerprint density at radius 2 is 1.31 bits per heavy atom. The molecule has 0 radical (unpaired) electrons. The number of carbonyl (C=O) groups excluding carboxylic acids is 3. The predicted molar refractivity (Wildman–Crippen MR) is 145 cm³/mol. The van der Waals surface area contributed by atoms with Crippen LogP contribution in [0, 0.1) is 5.82 Å². The number of amides is 2. The number of methoxy groups -OCH3 is 1. The summed E-state index contributed by atoms with van der Waals surface area (Å²) in [6.45, 7) is -0.744. The van der Waals surface area contributed by atoms with Crippen LogP contribution in [-0.2, 0) is 19.1 Å². The fourth-order valence-corrected chi connectivity index (χ4v) is 4.03. The zero-order valence-corrected chi connectivity index (χ0v) is 21.2. The highest BCUT2D eigenvalue weighted by Gasteiger charge is 2.18. The van der Waals surface area contributed by atoms with Gasteiger partial charge in [-0.05, 0) is 46.5 Å². The van der Waals surface area contributed by atoms with Crippen LogP contribution in [0.15, 0.2) is 103 Å². The van der Waals surface area contributed by atoms with Gasteiger partial charge in [-0.1, -0.05) is 78.9 Å². The Kier molecular flexibility index (Phi) is 9.16. The molecular formula is C31H27FN2O5. The topological polar surface area (TPSA) is 93.7 Å². The molecule has 8 heteroatoms. The van der Waals surface area contributed by atoms with Gasteiger partial charge in [-0.3, -0.25) is 9.59 Å². The van der Waals surface area contributed by atoms with E-state index in [0.29, 0.717) is 11.1 Å². The normalized spacial score (nSPS) is 10.6. The van der Waals surface area contributed by atoms with E-state index in [1.165, 1.54) is 19.2 Å². The van der Waals surface area contributed by atoms with Gasteiger partial charge in [0.25, 0.3) is 0 Å². The molecule has 0 spiro atoms. The van der Waals surface area contributed by atoms with Gasteiger partial charge in [0.15, 0.2) is 0 Å². The molecule has 0 aliphatic heterocycles. The monoisotopic (exact) mass is 526 g/mol. The van der Waals surface area contributed by atoms with Crippen molar-refractivity contribution in [3.05, 3.63) is 126 Å². The van der Waals surface area contributed by atoms with E-state index in [0.717, 1.165) is 11.1 Å². The third kappa shape index (κ3) is 7.37. The molecule has 0 unspecified atom stereocenters. The van der Waals surface area contributed by atoms with E-state index in [9.17, 15) is 18.8 Å². The zero-order chi connectivity index (χ0) is 27.6. The van der Waals surface area contributed by atoms with E-state index >= 15 is 0 Å². The summed E-state index contributed by atoms with van der Waals surface area (Å²) in [4.78, 5) is 37.6. The van der Waals surface area contributed by atoms with Crippen molar-refractivity contribution < 1.29 is 28.2 Å². The SMILES string of the molecule is COC(=O)c1cc(-c2ccc(F)cc2)ccc1NC(=O)COCC(=O)NC(c1ccccc1)c1ccccc1. The van der Waals surface area contributed by atoms with E-state index in [1.54, 1.807) is 30.3 Å². The average Bonchev–Trinajstić information content (AvgIpc) is 2.97. The quantitative estimate of drug-likeness (QED) is 0.279. The van der Waals surface area contributed by atoms with Crippen LogP contribution in [0.5, 0.6) is 0 Å². The summed E-state index contributed by atoms with van der Waals surface area (Å²) in [5, 5.41) is 5.57. The minimum absolute atomic E-state index is 0.124. The van der Waals surface area contributed by atoms with E-state index in [1.807, 2.05) is 60.7 Å². The maximum absolute atomic E-state index is 13.3. The highest BCUT2D eigenvalue weighted by molar-refractivity contribution is 6.02. The Hall–Kier alpha value is -4.82. The van der Waals surface area contributed by atoms with Crippen molar-refractivity contribution in [1.82, 2.24) is 5.32 Å². The summed E-state index contributed by atoms with van der Waals surface area (Å²) in [7, 11) is 1.23. The van der Waals surface area contributed by atoms with Crippen LogP contribution in [0.25, 0.3) is 11.1 Å². The van der Waals surface area contributed by atoms with Crippen molar-refractivity contribution in [1.29, 1.82) is 0 Å². The van der Waals surface area contributed by atoms with Crippen molar-refractivity contribution in [2.24, 2.45) is 0 Å². The minimum Gasteiger partial charge on any atom is -0.465 e. The second-order valence-electron chi connectivity index (χ2n) is 8.62. The average molecular weight is 527 g/mol. The van der Waals surface area contributed by atoms with Gasteiger partial charge in [0.2, 0.25) is 11.8 Å². The molecule has 2 amide bonds. The maximum Gasteiger partial charge on any atom is 0.339 e. The molecule has 7 nitrogen and oxygen atoms in total. The Morgan fingerprint density at radius 3 is 1.90 bits per heavy atom. The number of rotatable bonds is 10. The first kappa shape index (κ1) is 27.2. The smallest absolute Gasteiger partial charge is 0.339 e. The van der Waals surface area contributed by atoms with Crippen molar-refractivity contribution in [2.45, 2.75) is 6.04 Å². The fourth-order valence-electron chi connectivity index (χ4n) is 4.03. The molecule has 0 aromatic heterocycles. The maximum atomic E-state index is 13.3. The Balaban J connectivity index is 1.37. The minimum atomic E-state index is -0.651. The van der Waals surface area contributed by atoms with Crippen molar-refractivity contribution in [3.8, 4) is 11.1 Å². The standard InChI is InChI=1S/C31H27FN2O5/c1-38-31(37)26-18-24(21-12-15-25(32)16-13-21)14-17-27(26)33-28(35)19-39-20-29(36)34-30(22-8-4-2-5-9-22)23-10-6-3-7-11-23/h2-18,30H,19-20H2,1H3,(H,33,35)(H,34,36). The number of hydrogen-bond donors (Lipinski definition) is 2. The Labute approximate surface area is 225 Å². The summed E-state index contributed by atoms with van der Waals surface area (Å²) in [6.07, 6.45) is 0. The van der Waals surface area contributed by atoms with Crippen LogP contribution in [-0.4, -0.2) is 38.1 Å². The van der Waals surface area contributed by atoms with Crippen LogP contribution in [0.4, 0.5) is 10.1 Å². The number of hydrogen-bond acceptors (Lipinski definition) is 5. The predicted octanol–water partition coefficient (Wildman–Crippen LogP) is 5.14. The first-order valence-electron chi connectivity index (χ1n) is 12.2. The van der Waals surface area contributed by atoms with Crippen LogP contribution in [0.3, 0.4) is 0 Å². The Morgan fingerprint density at radius 1 is 0.744 bits per heavy atom. The molecule has 0 heterocycles. The summed E-state index contributed by atoms with van der Waals surface area (Å²) < 4.78 is 23.5. The number of esters is 1.